The minimum atomic E-state index is 0.199. The van der Waals surface area contributed by atoms with Gasteiger partial charge in [0.2, 0.25) is 0 Å². The second-order valence-electron chi connectivity index (χ2n) is 3.95. The quantitative estimate of drug-likeness (QED) is 0.728. The predicted molar refractivity (Wildman–Crippen MR) is 64.6 cm³/mol. The van der Waals surface area contributed by atoms with E-state index in [1.165, 1.54) is 6.33 Å². The first kappa shape index (κ1) is 11.6. The molecule has 5 nitrogen and oxygen atoms in total. The zero-order valence-corrected chi connectivity index (χ0v) is 9.72. The molecule has 1 unspecified atom stereocenters. The zero-order valence-electron chi connectivity index (χ0n) is 9.72. The molecule has 1 heterocycles. The fraction of sp³-hybridized carbons (Fsp3) is 0.333. The largest absolute Gasteiger partial charge is 0.508 e. The van der Waals surface area contributed by atoms with Gasteiger partial charge in [-0.25, -0.2) is 4.98 Å². The number of hydrogen-bond donors (Lipinski definition) is 3. The highest BCUT2D eigenvalue weighted by atomic mass is 16.3. The van der Waals surface area contributed by atoms with Crippen LogP contribution in [-0.2, 0) is 6.42 Å². The van der Waals surface area contributed by atoms with Gasteiger partial charge in [0.05, 0.1) is 0 Å². The number of aromatic amines is 1. The Kier molecular flexibility index (Phi) is 3.72. The van der Waals surface area contributed by atoms with E-state index >= 15 is 0 Å². The SMILES string of the molecule is CC(NCCc1ncn[nH]1)c1cccc(O)c1. The molecule has 3 N–H and O–H groups in total. The van der Waals surface area contributed by atoms with Gasteiger partial charge in [0.25, 0.3) is 0 Å². The average molecular weight is 232 g/mol. The van der Waals surface area contributed by atoms with Gasteiger partial charge in [0.1, 0.15) is 17.9 Å². The highest BCUT2D eigenvalue weighted by molar-refractivity contribution is 5.28. The minimum absolute atomic E-state index is 0.199. The van der Waals surface area contributed by atoms with E-state index in [1.807, 2.05) is 12.1 Å². The van der Waals surface area contributed by atoms with Crippen molar-refractivity contribution < 1.29 is 5.11 Å². The number of nitrogens with one attached hydrogen (secondary N) is 2. The topological polar surface area (TPSA) is 73.8 Å². The van der Waals surface area contributed by atoms with E-state index in [1.54, 1.807) is 12.1 Å². The van der Waals surface area contributed by atoms with Gasteiger partial charge in [0.15, 0.2) is 0 Å². The normalized spacial score (nSPS) is 12.5. The van der Waals surface area contributed by atoms with E-state index in [0.717, 1.165) is 24.4 Å². The van der Waals surface area contributed by atoms with Gasteiger partial charge in [0, 0.05) is 19.0 Å². The predicted octanol–water partition coefficient (Wildman–Crippen LogP) is 1.40. The van der Waals surface area contributed by atoms with E-state index in [-0.39, 0.29) is 6.04 Å². The fourth-order valence-corrected chi connectivity index (χ4v) is 1.67. The van der Waals surface area contributed by atoms with Crippen LogP contribution in [0.2, 0.25) is 0 Å². The summed E-state index contributed by atoms with van der Waals surface area (Å²) in [5, 5.41) is 19.4. The fourth-order valence-electron chi connectivity index (χ4n) is 1.67. The molecule has 0 amide bonds. The summed E-state index contributed by atoms with van der Waals surface area (Å²) in [6, 6.07) is 7.48. The molecule has 0 aliphatic rings. The maximum absolute atomic E-state index is 9.39. The highest BCUT2D eigenvalue weighted by Gasteiger charge is 2.05. The first-order valence-electron chi connectivity index (χ1n) is 5.62. The summed E-state index contributed by atoms with van der Waals surface area (Å²) in [6.45, 7) is 2.88. The summed E-state index contributed by atoms with van der Waals surface area (Å²) in [7, 11) is 0. The average Bonchev–Trinajstić information content (AvgIpc) is 2.82. The molecule has 1 aromatic carbocycles. The van der Waals surface area contributed by atoms with Crippen LogP contribution in [0.25, 0.3) is 0 Å². The third-order valence-electron chi connectivity index (χ3n) is 2.65. The van der Waals surface area contributed by atoms with E-state index < -0.39 is 0 Å². The van der Waals surface area contributed by atoms with Gasteiger partial charge < -0.3 is 10.4 Å². The van der Waals surface area contributed by atoms with Crippen LogP contribution in [0.15, 0.2) is 30.6 Å². The maximum Gasteiger partial charge on any atom is 0.137 e. The van der Waals surface area contributed by atoms with E-state index in [9.17, 15) is 5.11 Å². The molecule has 0 fully saturated rings. The lowest BCUT2D eigenvalue weighted by atomic mass is 10.1. The smallest absolute Gasteiger partial charge is 0.137 e. The summed E-state index contributed by atoms with van der Waals surface area (Å²) in [6.07, 6.45) is 2.32. The van der Waals surface area contributed by atoms with Crippen LogP contribution in [0, 0.1) is 0 Å². The molecule has 1 atom stereocenters. The second kappa shape index (κ2) is 5.45. The molecule has 2 aromatic rings. The van der Waals surface area contributed by atoms with Crippen molar-refractivity contribution in [1.29, 1.82) is 0 Å². The lowest BCUT2D eigenvalue weighted by Crippen LogP contribution is -2.21. The van der Waals surface area contributed by atoms with Gasteiger partial charge >= 0.3 is 0 Å². The zero-order chi connectivity index (χ0) is 12.1. The molecule has 0 aliphatic carbocycles. The summed E-state index contributed by atoms with van der Waals surface area (Å²) < 4.78 is 0. The number of aromatic nitrogens is 3. The minimum Gasteiger partial charge on any atom is -0.508 e. The van der Waals surface area contributed by atoms with Crippen molar-refractivity contribution in [3.8, 4) is 5.75 Å². The van der Waals surface area contributed by atoms with E-state index in [4.69, 9.17) is 0 Å². The number of H-pyrrole nitrogens is 1. The van der Waals surface area contributed by atoms with Crippen molar-refractivity contribution in [2.45, 2.75) is 19.4 Å². The van der Waals surface area contributed by atoms with Crippen molar-refractivity contribution in [2.24, 2.45) is 0 Å². The lowest BCUT2D eigenvalue weighted by Gasteiger charge is -2.13. The second-order valence-corrected chi connectivity index (χ2v) is 3.95. The van der Waals surface area contributed by atoms with Crippen LogP contribution in [0.1, 0.15) is 24.4 Å². The number of phenolic OH excluding ortho intramolecular Hbond substituents is 1. The van der Waals surface area contributed by atoms with Gasteiger partial charge in [-0.1, -0.05) is 12.1 Å². The van der Waals surface area contributed by atoms with Crippen LogP contribution in [0.5, 0.6) is 5.75 Å². The van der Waals surface area contributed by atoms with E-state index in [0.29, 0.717) is 5.75 Å². The molecule has 5 heteroatoms. The van der Waals surface area contributed by atoms with Crippen molar-refractivity contribution in [3.05, 3.63) is 42.0 Å². The highest BCUT2D eigenvalue weighted by Crippen LogP contribution is 2.17. The monoisotopic (exact) mass is 232 g/mol. The van der Waals surface area contributed by atoms with Gasteiger partial charge in [-0.2, -0.15) is 5.10 Å². The molecule has 0 spiro atoms. The molecule has 0 saturated carbocycles. The van der Waals surface area contributed by atoms with Crippen LogP contribution in [-0.4, -0.2) is 26.8 Å². The Morgan fingerprint density at radius 2 is 2.35 bits per heavy atom. The summed E-state index contributed by atoms with van der Waals surface area (Å²) in [5.74, 6) is 1.17. The van der Waals surface area contributed by atoms with Crippen LogP contribution < -0.4 is 5.32 Å². The molecule has 90 valence electrons. The summed E-state index contributed by atoms with van der Waals surface area (Å²) in [4.78, 5) is 4.05. The first-order valence-corrected chi connectivity index (χ1v) is 5.62. The third-order valence-corrected chi connectivity index (χ3v) is 2.65. The molecule has 0 radical (unpaired) electrons. The van der Waals surface area contributed by atoms with Crippen molar-refractivity contribution >= 4 is 0 Å². The lowest BCUT2D eigenvalue weighted by molar-refractivity contribution is 0.472. The summed E-state index contributed by atoms with van der Waals surface area (Å²) in [5.41, 5.74) is 1.07. The van der Waals surface area contributed by atoms with E-state index in [2.05, 4.69) is 27.4 Å². The molecule has 0 saturated heterocycles. The standard InChI is InChI=1S/C12H16N4O/c1-9(10-3-2-4-11(17)7-10)13-6-5-12-14-8-15-16-12/h2-4,7-9,13,17H,5-6H2,1H3,(H,14,15,16). The molecular weight excluding hydrogens is 216 g/mol. The van der Waals surface area contributed by atoms with Crippen LogP contribution in [0.3, 0.4) is 0 Å². The molecular formula is C12H16N4O. The van der Waals surface area contributed by atoms with Gasteiger partial charge in [-0.05, 0) is 24.6 Å². The number of phenols is 1. The molecule has 0 bridgehead atoms. The number of aromatic hydroxyl groups is 1. The Labute approximate surface area is 99.9 Å². The Balaban J connectivity index is 1.83. The van der Waals surface area contributed by atoms with Crippen LogP contribution in [0.4, 0.5) is 0 Å². The molecule has 2 rings (SSSR count). The van der Waals surface area contributed by atoms with Crippen molar-refractivity contribution in [1.82, 2.24) is 20.5 Å². The Hall–Kier alpha value is -1.88. The molecule has 0 aliphatic heterocycles. The van der Waals surface area contributed by atoms with Gasteiger partial charge in [-0.3, -0.25) is 5.10 Å². The van der Waals surface area contributed by atoms with Crippen molar-refractivity contribution in [3.63, 3.8) is 0 Å². The Morgan fingerprint density at radius 3 is 3.06 bits per heavy atom. The number of nitrogens with zero attached hydrogens (tertiary/aromatic N) is 2. The number of rotatable bonds is 5. The molecule has 17 heavy (non-hydrogen) atoms. The summed E-state index contributed by atoms with van der Waals surface area (Å²) >= 11 is 0. The van der Waals surface area contributed by atoms with Gasteiger partial charge in [-0.15, -0.1) is 0 Å². The van der Waals surface area contributed by atoms with Crippen molar-refractivity contribution in [2.75, 3.05) is 6.54 Å². The molecule has 1 aromatic heterocycles. The Morgan fingerprint density at radius 1 is 1.47 bits per heavy atom. The maximum atomic E-state index is 9.39. The number of benzene rings is 1. The van der Waals surface area contributed by atoms with Crippen LogP contribution >= 0.6 is 0 Å². The third kappa shape index (κ3) is 3.29. The Bertz CT molecular complexity index is 455. The first-order chi connectivity index (χ1) is 8.25. The number of hydrogen-bond acceptors (Lipinski definition) is 4.